The summed E-state index contributed by atoms with van der Waals surface area (Å²) in [5, 5.41) is 8.54. The van der Waals surface area contributed by atoms with E-state index in [1.165, 1.54) is 29.1 Å². The highest BCUT2D eigenvalue weighted by atomic mass is 16.3. The van der Waals surface area contributed by atoms with Crippen LogP contribution in [0.1, 0.15) is 98.3 Å². The highest BCUT2D eigenvalue weighted by Crippen LogP contribution is 2.50. The minimum absolute atomic E-state index is 0.123. The van der Waals surface area contributed by atoms with E-state index in [1.807, 2.05) is 104 Å². The number of pyridine rings is 2. The molecule has 14 aromatic rings. The first kappa shape index (κ1) is 57.1. The fourth-order valence-electron chi connectivity index (χ4n) is 14.7. The summed E-state index contributed by atoms with van der Waals surface area (Å²) in [6.45, 7) is 23.7. The molecule has 0 radical (unpaired) electrons. The van der Waals surface area contributed by atoms with E-state index in [4.69, 9.17) is 24.5 Å². The maximum Gasteiger partial charge on any atom is 0.227 e. The second kappa shape index (κ2) is 24.8. The van der Waals surface area contributed by atoms with Gasteiger partial charge in [-0.2, -0.15) is 0 Å². The van der Waals surface area contributed by atoms with Gasteiger partial charge in [0, 0.05) is 134 Å². The molecule has 0 aliphatic carbocycles. The topological polar surface area (TPSA) is 156 Å². The molecule has 0 bridgehead atoms. The van der Waals surface area contributed by atoms with Crippen LogP contribution in [0.15, 0.2) is 201 Å². The summed E-state index contributed by atoms with van der Waals surface area (Å²) in [5.74, 6) is 2.36. The molecule has 0 saturated heterocycles. The lowest BCUT2D eigenvalue weighted by Crippen LogP contribution is -2.42. The van der Waals surface area contributed by atoms with Crippen LogP contribution in [0.5, 0.6) is 0 Å². The number of nitrogens with zero attached hydrogens (tertiary/aromatic N) is 14. The van der Waals surface area contributed by atoms with E-state index >= 15 is 0 Å². The van der Waals surface area contributed by atoms with Crippen LogP contribution in [-0.4, -0.2) is 89.5 Å². The number of benzene rings is 6. The minimum Gasteiger partial charge on any atom is -0.454 e. The Kier molecular flexibility index (Phi) is 14.5. The van der Waals surface area contributed by atoms with Gasteiger partial charge in [0.15, 0.2) is 45.6 Å². The molecular weight excluding hydrogens is 1220 g/mol. The Morgan fingerprint density at radius 1 is 0.378 bits per heavy atom. The Morgan fingerprint density at radius 3 is 1.18 bits per heavy atom. The molecule has 4 aliphatic rings. The molecule has 4 aliphatic heterocycles. The van der Waals surface area contributed by atoms with E-state index in [-0.39, 0.29) is 18.5 Å². The maximum absolute atomic E-state index is 8.74. The van der Waals surface area contributed by atoms with Crippen molar-refractivity contribution in [2.24, 2.45) is 0 Å². The molecule has 98 heavy (non-hydrogen) atoms. The molecule has 12 heterocycles. The Hall–Kier alpha value is -11.1. The first-order valence-corrected chi connectivity index (χ1v) is 33.3. The zero-order valence-corrected chi connectivity index (χ0v) is 57.6. The molecule has 5 unspecified atom stereocenters. The number of rotatable bonds is 7. The predicted molar refractivity (Wildman–Crippen MR) is 399 cm³/mol. The van der Waals surface area contributed by atoms with Crippen molar-refractivity contribution in [1.82, 2.24) is 39.7 Å². The van der Waals surface area contributed by atoms with Crippen molar-refractivity contribution < 1.29 is 24.5 Å². The van der Waals surface area contributed by atoms with Gasteiger partial charge in [-0.15, -0.1) is 0 Å². The second-order valence-corrected chi connectivity index (χ2v) is 26.1. The molecule has 0 fully saturated rings. The van der Waals surface area contributed by atoms with Gasteiger partial charge in [0.1, 0.15) is 35.8 Å². The highest BCUT2D eigenvalue weighted by molar-refractivity contribution is 6.13. The number of para-hydroxylation sites is 2. The van der Waals surface area contributed by atoms with Gasteiger partial charge in [-0.1, -0.05) is 84.9 Å². The molecule has 18 nitrogen and oxygen atoms in total. The van der Waals surface area contributed by atoms with Crippen LogP contribution in [0.25, 0.3) is 88.0 Å². The zero-order valence-electron chi connectivity index (χ0n) is 62.6. The number of hydrogen-bond donors (Lipinski definition) is 0. The second-order valence-electron chi connectivity index (χ2n) is 26.1. The molecule has 8 aromatic heterocycles. The third-order valence-electron chi connectivity index (χ3n) is 19.5. The monoisotopic (exact) mass is 1310 g/mol. The van der Waals surface area contributed by atoms with Gasteiger partial charge < -0.3 is 47.1 Å². The summed E-state index contributed by atoms with van der Waals surface area (Å²) in [5.41, 5.74) is 14.9. The maximum atomic E-state index is 8.74. The average Bonchev–Trinajstić information content (AvgIpc) is 1.58. The van der Waals surface area contributed by atoms with Crippen LogP contribution in [0, 0.1) is 27.7 Å². The number of anilines is 8. The Morgan fingerprint density at radius 2 is 0.765 bits per heavy atom. The van der Waals surface area contributed by atoms with Crippen LogP contribution in [-0.2, 0) is 0 Å². The van der Waals surface area contributed by atoms with E-state index in [9.17, 15) is 0 Å². The lowest BCUT2D eigenvalue weighted by molar-refractivity contribution is 0.263. The van der Waals surface area contributed by atoms with E-state index < -0.39 is 25.1 Å². The van der Waals surface area contributed by atoms with Crippen LogP contribution in [0.4, 0.5) is 46.0 Å². The lowest BCUT2D eigenvalue weighted by Gasteiger charge is -2.33. The number of furan rings is 4. The van der Waals surface area contributed by atoms with Crippen molar-refractivity contribution in [1.29, 1.82) is 0 Å². The minimum atomic E-state index is -2.55. The molecule has 0 N–H and O–H groups in total. The van der Waals surface area contributed by atoms with Crippen LogP contribution >= 0.6 is 0 Å². The summed E-state index contributed by atoms with van der Waals surface area (Å²) >= 11 is 0. The highest BCUT2D eigenvalue weighted by Gasteiger charge is 2.42. The summed E-state index contributed by atoms with van der Waals surface area (Å²) in [6.07, 6.45) is 18.4. The Bertz CT molecular complexity index is 5680. The number of aromatic nitrogens is 6. The van der Waals surface area contributed by atoms with Gasteiger partial charge in [0.05, 0.1) is 25.5 Å². The van der Waals surface area contributed by atoms with E-state index in [1.54, 1.807) is 31.0 Å². The molecule has 0 amide bonds. The average molecular weight is 1310 g/mol. The van der Waals surface area contributed by atoms with Crippen molar-refractivity contribution in [2.45, 2.75) is 140 Å². The summed E-state index contributed by atoms with van der Waals surface area (Å²) < 4.78 is 66.0. The molecule has 18 rings (SSSR count). The van der Waals surface area contributed by atoms with E-state index in [2.05, 4.69) is 196 Å². The molecule has 5 atom stereocenters. The number of hydrogen-bond acceptors (Lipinski definition) is 18. The van der Waals surface area contributed by atoms with Crippen LogP contribution < -0.4 is 29.4 Å². The van der Waals surface area contributed by atoms with Crippen molar-refractivity contribution in [3.05, 3.63) is 206 Å². The van der Waals surface area contributed by atoms with Gasteiger partial charge in [-0.05, 0) is 156 Å². The fourth-order valence-corrected chi connectivity index (χ4v) is 14.7. The first-order valence-electron chi connectivity index (χ1n) is 35.8. The fraction of sp³-hybridized carbons (Fsp3) is 0.275. The van der Waals surface area contributed by atoms with Crippen molar-refractivity contribution >= 4 is 134 Å². The SMILES string of the molecule is Cc1ccc2c(oc3ncccc32)c1N1C=CN(C(C)C)C1C.Cc1ccc2c(oc3ncccc32)c1N1C=CN(C)C1C.[2H]C(C)(C)N1c2nccnc2N(c2c(C)ccc3c2oc2ccccc23)C1C.[2H]C([2H])([2H])C([2H])(C)N1c2nccnc2N(c2c(C)ccc3c2oc2ccccc23)C1C. The van der Waals surface area contributed by atoms with E-state index in [0.29, 0.717) is 34.7 Å². The third kappa shape index (κ3) is 10.3. The summed E-state index contributed by atoms with van der Waals surface area (Å²) in [6, 6.07) is 38.6. The first-order chi connectivity index (χ1) is 49.2. The van der Waals surface area contributed by atoms with Crippen molar-refractivity contribution in [3.8, 4) is 0 Å². The summed E-state index contributed by atoms with van der Waals surface area (Å²) in [7, 11) is 2.08. The van der Waals surface area contributed by atoms with Crippen molar-refractivity contribution in [3.63, 3.8) is 0 Å². The smallest absolute Gasteiger partial charge is 0.227 e. The predicted octanol–water partition coefficient (Wildman–Crippen LogP) is 19.3. The molecular formula is C80H82N14O4. The number of aryl methyl sites for hydroxylation is 4. The zero-order chi connectivity index (χ0) is 72.5. The molecule has 496 valence electrons. The lowest BCUT2D eigenvalue weighted by atomic mass is 10.1. The van der Waals surface area contributed by atoms with Gasteiger partial charge in [0.25, 0.3) is 0 Å². The molecule has 0 saturated carbocycles. The van der Waals surface area contributed by atoms with Gasteiger partial charge in [-0.3, -0.25) is 9.80 Å². The van der Waals surface area contributed by atoms with Gasteiger partial charge >= 0.3 is 0 Å². The van der Waals surface area contributed by atoms with Crippen molar-refractivity contribution in [2.75, 3.05) is 36.4 Å². The molecule has 18 heteroatoms. The molecule has 6 aromatic carbocycles. The Labute approximate surface area is 577 Å². The molecule has 0 spiro atoms. The Balaban J connectivity index is 0.000000112. The van der Waals surface area contributed by atoms with Gasteiger partial charge in [0.2, 0.25) is 11.4 Å². The third-order valence-corrected chi connectivity index (χ3v) is 19.5. The standard InChI is InChI=1S/2C22H22N4O.C19H21N3O.C17H17N3O/c2*1-13(2)25-15(4)26(22-21(25)23-11-12-24-22)19-14(3)9-10-17-16-7-5-6-8-18(16)27-20(17)19;1-12(2)21-10-11-22(14(21)4)17-13(3)7-8-15-16-6-5-9-20-19(16)23-18(15)17;1-11-6-7-13-14-5-4-8-18-17(14)21-16(13)15(11)20-10-9-19(3)12(20)2/h2*5-13,15H,1-4H3;5-12,14H,1-4H3;4-10,12H,1-3H3/i1D3,13D;13D;;. The largest absolute Gasteiger partial charge is 0.454 e. The van der Waals surface area contributed by atoms with Gasteiger partial charge in [-0.25, -0.2) is 29.9 Å². The number of fused-ring (bicyclic) bond motifs is 14. The summed E-state index contributed by atoms with van der Waals surface area (Å²) in [4.78, 5) is 43.5. The van der Waals surface area contributed by atoms with Crippen LogP contribution in [0.2, 0.25) is 0 Å². The van der Waals surface area contributed by atoms with E-state index in [0.717, 1.165) is 117 Å². The quantitative estimate of drug-likeness (QED) is 0.148. The normalized spacial score (nSPS) is 18.9. The van der Waals surface area contributed by atoms with Crippen LogP contribution in [0.3, 0.4) is 0 Å².